The van der Waals surface area contributed by atoms with Crippen molar-refractivity contribution in [1.29, 1.82) is 0 Å². The summed E-state index contributed by atoms with van der Waals surface area (Å²) in [6.07, 6.45) is -3.38. The Morgan fingerprint density at radius 2 is 2.00 bits per heavy atom. The van der Waals surface area contributed by atoms with Gasteiger partial charge in [0.1, 0.15) is 0 Å². The first kappa shape index (κ1) is 15.8. The van der Waals surface area contributed by atoms with Gasteiger partial charge in [0.15, 0.2) is 0 Å². The van der Waals surface area contributed by atoms with Crippen LogP contribution in [0.4, 0.5) is 13.2 Å². The summed E-state index contributed by atoms with van der Waals surface area (Å²) in [4.78, 5) is 11.9. The van der Waals surface area contributed by atoms with Crippen molar-refractivity contribution in [2.75, 3.05) is 19.6 Å². The second kappa shape index (κ2) is 6.47. The van der Waals surface area contributed by atoms with Gasteiger partial charge < -0.3 is 10.6 Å². The highest BCUT2D eigenvalue weighted by Gasteiger charge is 2.30. The number of hydrogen-bond donors (Lipinski definition) is 2. The molecular formula is C15H19F3N2O. The van der Waals surface area contributed by atoms with Gasteiger partial charge in [-0.3, -0.25) is 4.79 Å². The normalized spacial score (nSPS) is 22.9. The molecule has 1 fully saturated rings. The highest BCUT2D eigenvalue weighted by molar-refractivity contribution is 5.94. The summed E-state index contributed by atoms with van der Waals surface area (Å²) in [5, 5.41) is 6.09. The number of rotatable bonds is 3. The van der Waals surface area contributed by atoms with E-state index in [4.69, 9.17) is 0 Å². The summed E-state index contributed by atoms with van der Waals surface area (Å²) in [5.41, 5.74) is -0.490. The molecule has 1 heterocycles. The average molecular weight is 300 g/mol. The fourth-order valence-electron chi connectivity index (χ4n) is 2.51. The maximum atomic E-state index is 12.4. The SMILES string of the molecule is CC1CNCCC1CNC(=O)c1ccc(C(F)(F)F)cc1. The summed E-state index contributed by atoms with van der Waals surface area (Å²) in [6.45, 7) is 4.55. The van der Waals surface area contributed by atoms with E-state index in [0.717, 1.165) is 31.6 Å². The van der Waals surface area contributed by atoms with E-state index < -0.39 is 11.7 Å². The van der Waals surface area contributed by atoms with Crippen LogP contribution in [-0.2, 0) is 6.18 Å². The van der Waals surface area contributed by atoms with Crippen molar-refractivity contribution in [3.05, 3.63) is 35.4 Å². The van der Waals surface area contributed by atoms with Crippen molar-refractivity contribution in [1.82, 2.24) is 10.6 Å². The lowest BCUT2D eigenvalue weighted by Crippen LogP contribution is -2.41. The highest BCUT2D eigenvalue weighted by Crippen LogP contribution is 2.29. The van der Waals surface area contributed by atoms with E-state index in [1.165, 1.54) is 12.1 Å². The van der Waals surface area contributed by atoms with Gasteiger partial charge in [-0.25, -0.2) is 0 Å². The number of nitrogens with one attached hydrogen (secondary N) is 2. The van der Waals surface area contributed by atoms with Gasteiger partial charge in [0.25, 0.3) is 5.91 Å². The molecule has 21 heavy (non-hydrogen) atoms. The van der Waals surface area contributed by atoms with Crippen molar-refractivity contribution in [2.45, 2.75) is 19.5 Å². The van der Waals surface area contributed by atoms with E-state index in [1.807, 2.05) is 0 Å². The van der Waals surface area contributed by atoms with Gasteiger partial charge >= 0.3 is 6.18 Å². The molecule has 6 heteroatoms. The number of alkyl halides is 3. The molecule has 0 saturated carbocycles. The van der Waals surface area contributed by atoms with Crippen molar-refractivity contribution >= 4 is 5.91 Å². The lowest BCUT2D eigenvalue weighted by molar-refractivity contribution is -0.137. The zero-order chi connectivity index (χ0) is 15.5. The van der Waals surface area contributed by atoms with Crippen LogP contribution in [-0.4, -0.2) is 25.5 Å². The van der Waals surface area contributed by atoms with Gasteiger partial charge in [0.2, 0.25) is 0 Å². The molecule has 0 aromatic heterocycles. The summed E-state index contributed by atoms with van der Waals surface area (Å²) in [6, 6.07) is 4.29. The van der Waals surface area contributed by atoms with Gasteiger partial charge in [-0.05, 0) is 55.6 Å². The van der Waals surface area contributed by atoms with Crippen LogP contribution in [0.2, 0.25) is 0 Å². The van der Waals surface area contributed by atoms with Gasteiger partial charge in [-0.15, -0.1) is 0 Å². The molecule has 1 aliphatic rings. The minimum absolute atomic E-state index is 0.254. The van der Waals surface area contributed by atoms with Crippen molar-refractivity contribution in [3.8, 4) is 0 Å². The molecule has 1 saturated heterocycles. The van der Waals surface area contributed by atoms with Gasteiger partial charge in [-0.1, -0.05) is 6.92 Å². The molecule has 116 valence electrons. The molecule has 2 unspecified atom stereocenters. The highest BCUT2D eigenvalue weighted by atomic mass is 19.4. The van der Waals surface area contributed by atoms with Crippen molar-refractivity contribution in [2.24, 2.45) is 11.8 Å². The second-order valence-corrected chi connectivity index (χ2v) is 5.52. The Bertz CT molecular complexity index is 485. The Morgan fingerprint density at radius 3 is 2.57 bits per heavy atom. The smallest absolute Gasteiger partial charge is 0.352 e. The van der Waals surface area contributed by atoms with Crippen molar-refractivity contribution < 1.29 is 18.0 Å². The number of benzene rings is 1. The number of carbonyl (C=O) groups is 1. The first-order chi connectivity index (χ1) is 9.88. The molecule has 1 aliphatic heterocycles. The summed E-state index contributed by atoms with van der Waals surface area (Å²) < 4.78 is 37.3. The standard InChI is InChI=1S/C15H19F3N2O/c1-10-8-19-7-6-12(10)9-20-14(21)11-2-4-13(5-3-11)15(16,17)18/h2-5,10,12,19H,6-9H2,1H3,(H,20,21). The fourth-order valence-corrected chi connectivity index (χ4v) is 2.51. The molecule has 0 radical (unpaired) electrons. The molecule has 2 rings (SSSR count). The van der Waals surface area contributed by atoms with E-state index >= 15 is 0 Å². The third kappa shape index (κ3) is 4.20. The molecule has 0 aliphatic carbocycles. The van der Waals surface area contributed by atoms with E-state index in [9.17, 15) is 18.0 Å². The van der Waals surface area contributed by atoms with Crippen LogP contribution in [0, 0.1) is 11.8 Å². The van der Waals surface area contributed by atoms with Crippen LogP contribution >= 0.6 is 0 Å². The van der Waals surface area contributed by atoms with E-state index in [2.05, 4.69) is 17.6 Å². The second-order valence-electron chi connectivity index (χ2n) is 5.52. The maximum absolute atomic E-state index is 12.4. The number of hydrogen-bond acceptors (Lipinski definition) is 2. The summed E-state index contributed by atoms with van der Waals surface area (Å²) in [5.74, 6) is 0.561. The molecule has 3 nitrogen and oxygen atoms in total. The number of halogens is 3. The van der Waals surface area contributed by atoms with Gasteiger partial charge in [0, 0.05) is 12.1 Å². The Labute approximate surface area is 121 Å². The largest absolute Gasteiger partial charge is 0.416 e. The number of amides is 1. The van der Waals surface area contributed by atoms with Gasteiger partial charge in [-0.2, -0.15) is 13.2 Å². The predicted octanol–water partition coefficient (Wildman–Crippen LogP) is 2.68. The molecule has 2 atom stereocenters. The first-order valence-corrected chi connectivity index (χ1v) is 7.04. The monoisotopic (exact) mass is 300 g/mol. The molecule has 1 aromatic carbocycles. The fraction of sp³-hybridized carbons (Fsp3) is 0.533. The minimum Gasteiger partial charge on any atom is -0.352 e. The molecule has 2 N–H and O–H groups in total. The third-order valence-corrected chi connectivity index (χ3v) is 3.96. The van der Waals surface area contributed by atoms with Crippen LogP contribution in [0.5, 0.6) is 0 Å². The maximum Gasteiger partial charge on any atom is 0.416 e. The van der Waals surface area contributed by atoms with Crippen LogP contribution in [0.25, 0.3) is 0 Å². The Balaban J connectivity index is 1.91. The molecular weight excluding hydrogens is 281 g/mol. The van der Waals surface area contributed by atoms with Crippen LogP contribution in [0.15, 0.2) is 24.3 Å². The Hall–Kier alpha value is -1.56. The van der Waals surface area contributed by atoms with E-state index in [0.29, 0.717) is 18.4 Å². The summed E-state index contributed by atoms with van der Waals surface area (Å²) in [7, 11) is 0. The lowest BCUT2D eigenvalue weighted by Gasteiger charge is -2.29. The summed E-state index contributed by atoms with van der Waals surface area (Å²) >= 11 is 0. The first-order valence-electron chi connectivity index (χ1n) is 7.04. The van der Waals surface area contributed by atoms with E-state index in [-0.39, 0.29) is 11.5 Å². The third-order valence-electron chi connectivity index (χ3n) is 3.96. The molecule has 1 amide bonds. The molecule has 0 bridgehead atoms. The zero-order valence-corrected chi connectivity index (χ0v) is 11.8. The zero-order valence-electron chi connectivity index (χ0n) is 11.8. The minimum atomic E-state index is -4.38. The molecule has 0 spiro atoms. The Kier molecular flexibility index (Phi) is 4.88. The van der Waals surface area contributed by atoms with Crippen LogP contribution < -0.4 is 10.6 Å². The van der Waals surface area contributed by atoms with E-state index in [1.54, 1.807) is 0 Å². The average Bonchev–Trinajstić information content (AvgIpc) is 2.45. The van der Waals surface area contributed by atoms with Crippen molar-refractivity contribution in [3.63, 3.8) is 0 Å². The topological polar surface area (TPSA) is 41.1 Å². The quantitative estimate of drug-likeness (QED) is 0.901. The number of piperidine rings is 1. The Morgan fingerprint density at radius 1 is 1.33 bits per heavy atom. The van der Waals surface area contributed by atoms with Crippen LogP contribution in [0.1, 0.15) is 29.3 Å². The lowest BCUT2D eigenvalue weighted by atomic mass is 9.88. The molecule has 1 aromatic rings. The van der Waals surface area contributed by atoms with Gasteiger partial charge in [0.05, 0.1) is 5.56 Å². The predicted molar refractivity (Wildman–Crippen MR) is 73.9 cm³/mol. The van der Waals surface area contributed by atoms with Crippen LogP contribution in [0.3, 0.4) is 0 Å². The number of carbonyl (C=O) groups excluding carboxylic acids is 1.